The van der Waals surface area contributed by atoms with Gasteiger partial charge in [-0.1, -0.05) is 0 Å². The molecule has 94 valence electrons. The van der Waals surface area contributed by atoms with Crippen LogP contribution in [0.5, 0.6) is 0 Å². The third-order valence-electron chi connectivity index (χ3n) is 3.25. The van der Waals surface area contributed by atoms with E-state index in [2.05, 4.69) is 0 Å². The highest BCUT2D eigenvalue weighted by atomic mass is 16.4. The fourth-order valence-corrected chi connectivity index (χ4v) is 2.26. The molecule has 0 aliphatic carbocycles. The summed E-state index contributed by atoms with van der Waals surface area (Å²) in [5, 5.41) is 11.6. The molecule has 2 amide bonds. The first-order chi connectivity index (χ1) is 8.02. The molecule has 0 aromatic heterocycles. The van der Waals surface area contributed by atoms with E-state index in [1.807, 2.05) is 0 Å². The fourth-order valence-electron chi connectivity index (χ4n) is 2.26. The molecule has 2 atom stereocenters. The van der Waals surface area contributed by atoms with Crippen molar-refractivity contribution in [2.45, 2.75) is 25.3 Å². The number of aliphatic carboxylic acids is 1. The molecular formula is C10H15N3O4. The lowest BCUT2D eigenvalue weighted by molar-refractivity contribution is -0.165. The Morgan fingerprint density at radius 1 is 1.24 bits per heavy atom. The van der Waals surface area contributed by atoms with Gasteiger partial charge in [-0.3, -0.25) is 24.4 Å². The molecule has 7 nitrogen and oxygen atoms in total. The zero-order valence-corrected chi connectivity index (χ0v) is 9.33. The zero-order valence-electron chi connectivity index (χ0n) is 9.33. The number of amides is 2. The van der Waals surface area contributed by atoms with Gasteiger partial charge in [0, 0.05) is 19.5 Å². The SMILES string of the molecule is N[C@@H]1C(=O)N2CCCCN2C(=O)C[C@@H]1C(=O)O. The van der Waals surface area contributed by atoms with Crippen LogP contribution in [0, 0.1) is 5.92 Å². The minimum atomic E-state index is -1.19. The number of hydrogen-bond acceptors (Lipinski definition) is 4. The number of hydrazine groups is 1. The highest BCUT2D eigenvalue weighted by Gasteiger charge is 2.43. The quantitative estimate of drug-likeness (QED) is 0.599. The van der Waals surface area contributed by atoms with Crippen LogP contribution in [0.15, 0.2) is 0 Å². The second-order valence-electron chi connectivity index (χ2n) is 4.36. The lowest BCUT2D eigenvalue weighted by Gasteiger charge is -2.37. The average Bonchev–Trinajstić information content (AvgIpc) is 2.41. The van der Waals surface area contributed by atoms with Crippen molar-refractivity contribution in [1.82, 2.24) is 10.0 Å². The summed E-state index contributed by atoms with van der Waals surface area (Å²) >= 11 is 0. The van der Waals surface area contributed by atoms with Crippen LogP contribution in [0.3, 0.4) is 0 Å². The van der Waals surface area contributed by atoms with E-state index < -0.39 is 23.8 Å². The first-order valence-electron chi connectivity index (χ1n) is 5.62. The molecule has 0 aromatic carbocycles. The van der Waals surface area contributed by atoms with Crippen molar-refractivity contribution in [2.75, 3.05) is 13.1 Å². The molecule has 2 aliphatic heterocycles. The fraction of sp³-hybridized carbons (Fsp3) is 0.700. The molecular weight excluding hydrogens is 226 g/mol. The van der Waals surface area contributed by atoms with Crippen LogP contribution in [0.25, 0.3) is 0 Å². The van der Waals surface area contributed by atoms with E-state index in [9.17, 15) is 14.4 Å². The topological polar surface area (TPSA) is 104 Å². The summed E-state index contributed by atoms with van der Waals surface area (Å²) in [7, 11) is 0. The van der Waals surface area contributed by atoms with Crippen molar-refractivity contribution in [3.05, 3.63) is 0 Å². The first kappa shape index (κ1) is 11.8. The minimum absolute atomic E-state index is 0.210. The van der Waals surface area contributed by atoms with Crippen molar-refractivity contribution in [2.24, 2.45) is 11.7 Å². The number of hydrogen-bond donors (Lipinski definition) is 2. The molecule has 2 heterocycles. The van der Waals surface area contributed by atoms with E-state index in [0.717, 1.165) is 12.8 Å². The maximum atomic E-state index is 12.0. The smallest absolute Gasteiger partial charge is 0.309 e. The summed E-state index contributed by atoms with van der Waals surface area (Å²) in [4.78, 5) is 34.8. The van der Waals surface area contributed by atoms with Crippen LogP contribution in [0.4, 0.5) is 0 Å². The largest absolute Gasteiger partial charge is 0.481 e. The summed E-state index contributed by atoms with van der Waals surface area (Å²) in [6.45, 7) is 0.897. The Labute approximate surface area is 98.1 Å². The Kier molecular flexibility index (Phi) is 3.01. The van der Waals surface area contributed by atoms with E-state index in [1.54, 1.807) is 0 Å². The summed E-state index contributed by atoms with van der Waals surface area (Å²) in [6.07, 6.45) is 1.42. The lowest BCUT2D eigenvalue weighted by atomic mass is 9.96. The van der Waals surface area contributed by atoms with Gasteiger partial charge in [0.1, 0.15) is 6.04 Å². The number of nitrogens with two attached hydrogens (primary N) is 1. The Hall–Kier alpha value is -1.63. The lowest BCUT2D eigenvalue weighted by Crippen LogP contribution is -2.55. The van der Waals surface area contributed by atoms with Gasteiger partial charge in [-0.05, 0) is 12.8 Å². The number of fused-ring (bicyclic) bond motifs is 1. The number of nitrogens with zero attached hydrogens (tertiary/aromatic N) is 2. The summed E-state index contributed by atoms with van der Waals surface area (Å²) < 4.78 is 0. The van der Waals surface area contributed by atoms with Gasteiger partial charge in [0.05, 0.1) is 5.92 Å². The molecule has 17 heavy (non-hydrogen) atoms. The predicted octanol–water partition coefficient (Wildman–Crippen LogP) is -1.22. The molecule has 0 spiro atoms. The normalized spacial score (nSPS) is 29.9. The number of rotatable bonds is 1. The average molecular weight is 241 g/mol. The molecule has 7 heteroatoms. The number of carboxylic acids is 1. The molecule has 3 N–H and O–H groups in total. The van der Waals surface area contributed by atoms with Gasteiger partial charge >= 0.3 is 5.97 Å². The molecule has 0 aromatic rings. The highest BCUT2D eigenvalue weighted by Crippen LogP contribution is 2.22. The van der Waals surface area contributed by atoms with Gasteiger partial charge in [-0.2, -0.15) is 0 Å². The third kappa shape index (κ3) is 1.97. The summed E-state index contributed by atoms with van der Waals surface area (Å²) in [6, 6.07) is -1.14. The van der Waals surface area contributed by atoms with Crippen molar-refractivity contribution in [3.63, 3.8) is 0 Å². The number of carbonyl (C=O) groups excluding carboxylic acids is 2. The minimum Gasteiger partial charge on any atom is -0.481 e. The second kappa shape index (κ2) is 4.33. The Morgan fingerprint density at radius 3 is 2.41 bits per heavy atom. The summed E-state index contributed by atoms with van der Waals surface area (Å²) in [5.74, 6) is -3.12. The van der Waals surface area contributed by atoms with Gasteiger partial charge in [-0.15, -0.1) is 0 Å². The monoisotopic (exact) mass is 241 g/mol. The molecule has 2 aliphatic rings. The third-order valence-corrected chi connectivity index (χ3v) is 3.25. The van der Waals surface area contributed by atoms with Crippen LogP contribution in [0.1, 0.15) is 19.3 Å². The van der Waals surface area contributed by atoms with Gasteiger partial charge in [0.15, 0.2) is 0 Å². The molecule has 0 bridgehead atoms. The zero-order chi connectivity index (χ0) is 12.6. The van der Waals surface area contributed by atoms with Crippen LogP contribution < -0.4 is 5.73 Å². The highest BCUT2D eigenvalue weighted by molar-refractivity contribution is 5.94. The van der Waals surface area contributed by atoms with Gasteiger partial charge < -0.3 is 10.8 Å². The van der Waals surface area contributed by atoms with Gasteiger partial charge in [0.25, 0.3) is 5.91 Å². The molecule has 0 saturated carbocycles. The van der Waals surface area contributed by atoms with Crippen LogP contribution >= 0.6 is 0 Å². The van der Waals surface area contributed by atoms with Crippen molar-refractivity contribution >= 4 is 17.8 Å². The predicted molar refractivity (Wildman–Crippen MR) is 56.4 cm³/mol. The van der Waals surface area contributed by atoms with E-state index in [0.29, 0.717) is 13.1 Å². The van der Waals surface area contributed by atoms with E-state index in [-0.39, 0.29) is 12.3 Å². The maximum absolute atomic E-state index is 12.0. The molecule has 2 fully saturated rings. The first-order valence-corrected chi connectivity index (χ1v) is 5.62. The number of carboxylic acid groups (broad SMARTS) is 1. The van der Waals surface area contributed by atoms with Crippen molar-refractivity contribution < 1.29 is 19.5 Å². The molecule has 0 unspecified atom stereocenters. The van der Waals surface area contributed by atoms with Gasteiger partial charge in [0.2, 0.25) is 5.91 Å². The Balaban J connectivity index is 2.30. The van der Waals surface area contributed by atoms with Crippen molar-refractivity contribution in [3.8, 4) is 0 Å². The van der Waals surface area contributed by atoms with Crippen molar-refractivity contribution in [1.29, 1.82) is 0 Å². The van der Waals surface area contributed by atoms with Crippen LogP contribution in [-0.2, 0) is 14.4 Å². The van der Waals surface area contributed by atoms with E-state index in [1.165, 1.54) is 10.0 Å². The molecule has 2 saturated heterocycles. The van der Waals surface area contributed by atoms with Gasteiger partial charge in [-0.25, -0.2) is 0 Å². The number of carbonyl (C=O) groups is 3. The Morgan fingerprint density at radius 2 is 1.82 bits per heavy atom. The molecule has 2 rings (SSSR count). The van der Waals surface area contributed by atoms with Crippen LogP contribution in [-0.4, -0.2) is 52.0 Å². The van der Waals surface area contributed by atoms with Crippen LogP contribution in [0.2, 0.25) is 0 Å². The van der Waals surface area contributed by atoms with E-state index in [4.69, 9.17) is 10.8 Å². The second-order valence-corrected chi connectivity index (χ2v) is 4.36. The van der Waals surface area contributed by atoms with E-state index >= 15 is 0 Å². The Bertz CT molecular complexity index is 371. The summed E-state index contributed by atoms with van der Waals surface area (Å²) in [5.41, 5.74) is 5.64. The standard InChI is InChI=1S/C10H15N3O4/c11-8-6(10(16)17)5-7(14)12-3-1-2-4-13(12)9(8)15/h6,8H,1-5,11H2,(H,16,17)/t6-,8-/m0/s1. The maximum Gasteiger partial charge on any atom is 0.309 e. The molecule has 0 radical (unpaired) electrons.